The number of fused-ring (bicyclic) bond motifs is 3. The normalized spacial score (nSPS) is 12.0. The molecule has 4 rings (SSSR count). The summed E-state index contributed by atoms with van der Waals surface area (Å²) in [6, 6.07) is 21.5. The molecule has 4 aromatic rings. The van der Waals surface area contributed by atoms with Crippen LogP contribution < -0.4 is 9.06 Å². The van der Waals surface area contributed by atoms with E-state index in [4.69, 9.17) is 18.6 Å². The van der Waals surface area contributed by atoms with Gasteiger partial charge in [-0.3, -0.25) is 0 Å². The van der Waals surface area contributed by atoms with E-state index in [1.165, 1.54) is 32.6 Å². The molecule has 0 aliphatic rings. The van der Waals surface area contributed by atoms with E-state index in [-0.39, 0.29) is 0 Å². The Kier molecular flexibility index (Phi) is 5.01. The van der Waals surface area contributed by atoms with Crippen LogP contribution in [0, 0.1) is 17.2 Å². The predicted octanol–water partition coefficient (Wildman–Crippen LogP) is 1.76. The minimum absolute atomic E-state index is 1.26. The Morgan fingerprint density at radius 3 is 2.24 bits per heavy atom. The van der Waals surface area contributed by atoms with Crippen LogP contribution in [0.25, 0.3) is 27.0 Å². The van der Waals surface area contributed by atoms with E-state index in [1.54, 1.807) is 11.3 Å². The summed E-state index contributed by atoms with van der Waals surface area (Å²) in [5.41, 5.74) is 5.14. The van der Waals surface area contributed by atoms with Crippen LogP contribution in [0.1, 0.15) is 5.56 Å². The monoisotopic (exact) mass is 378 g/mol. The minimum atomic E-state index is -4.19. The number of halogens is 1. The number of aryl methyl sites for hydroxylation is 1. The van der Waals surface area contributed by atoms with Crippen molar-refractivity contribution in [1.82, 2.24) is 0 Å². The third-order valence-corrected chi connectivity index (χ3v) is 4.61. The van der Waals surface area contributed by atoms with Gasteiger partial charge in [-0.2, -0.15) is 0 Å². The van der Waals surface area contributed by atoms with Gasteiger partial charge in [0.1, 0.15) is 0 Å². The molecule has 0 atom stereocenters. The molecule has 0 bridgehead atoms. The van der Waals surface area contributed by atoms with Crippen LogP contribution in [0.15, 0.2) is 66.0 Å². The molecule has 0 unspecified atom stereocenters. The van der Waals surface area contributed by atoms with Gasteiger partial charge < -0.3 is 0 Å². The number of nitrogens with zero attached hydrogens (tertiary/aromatic N) is 1. The molecule has 3 N–H and O–H groups in total. The SMILES string of the molecule is Cc1cc2scc(-c3ccccc3)[n+]2c2ccccc12.[O-][Cl+](O)(O)O. The standard InChI is InChI=1S/C18H14NS.ClH3O4/c1-13-11-18-19(16-10-6-5-9-15(13)16)17(12-20-18)14-7-3-2-4-8-14;2-1(3,4)5/h2-12H,1H3;2-4H/q+1;. The van der Waals surface area contributed by atoms with Gasteiger partial charge in [-0.15, -0.1) is 4.40 Å². The Morgan fingerprint density at radius 2 is 1.56 bits per heavy atom. The van der Waals surface area contributed by atoms with E-state index >= 15 is 0 Å². The maximum atomic E-state index is 8.83. The topological polar surface area (TPSA) is 87.9 Å². The number of pyridine rings is 1. The van der Waals surface area contributed by atoms with E-state index in [1.807, 2.05) is 0 Å². The Balaban J connectivity index is 0.000000324. The van der Waals surface area contributed by atoms with Gasteiger partial charge >= 0.3 is 28.9 Å². The van der Waals surface area contributed by atoms with E-state index in [0.29, 0.717) is 0 Å². The van der Waals surface area contributed by atoms with Crippen LogP contribution in [-0.2, 0) is 0 Å². The van der Waals surface area contributed by atoms with Crippen molar-refractivity contribution in [3.05, 3.63) is 71.6 Å². The molecule has 0 fully saturated rings. The number of hydrogen-bond acceptors (Lipinski definition) is 5. The molecule has 2 aromatic heterocycles. The van der Waals surface area contributed by atoms with Gasteiger partial charge in [0.2, 0.25) is 11.2 Å². The molecular weight excluding hydrogens is 362 g/mol. The number of aromatic nitrogens is 1. The Hall–Kier alpha value is -2.06. The molecule has 25 heavy (non-hydrogen) atoms. The Morgan fingerprint density at radius 1 is 0.960 bits per heavy atom. The van der Waals surface area contributed by atoms with Crippen LogP contribution in [0.3, 0.4) is 0 Å². The van der Waals surface area contributed by atoms with Gasteiger partial charge in [0, 0.05) is 23.1 Å². The number of thiazole rings is 1. The maximum absolute atomic E-state index is 8.83. The molecule has 7 heteroatoms. The number of para-hydroxylation sites is 1. The van der Waals surface area contributed by atoms with Crippen molar-refractivity contribution in [2.24, 2.45) is 0 Å². The summed E-state index contributed by atoms with van der Waals surface area (Å²) in [4.78, 5) is 1.29. The molecule has 0 amide bonds. The first-order chi connectivity index (χ1) is 11.8. The second kappa shape index (κ2) is 7.05. The van der Waals surface area contributed by atoms with Crippen LogP contribution in [0.4, 0.5) is 0 Å². The summed E-state index contributed by atoms with van der Waals surface area (Å²) in [7, 11) is -4.19. The van der Waals surface area contributed by atoms with Crippen molar-refractivity contribution in [1.29, 1.82) is 0 Å². The van der Waals surface area contributed by atoms with Crippen LogP contribution in [-0.4, -0.2) is 14.0 Å². The summed E-state index contributed by atoms with van der Waals surface area (Å²) >= 11 is 1.80. The van der Waals surface area contributed by atoms with Gasteiger partial charge in [-0.1, -0.05) is 41.7 Å². The van der Waals surface area contributed by atoms with Gasteiger partial charge in [0.15, 0.2) is 0 Å². The third-order valence-electron chi connectivity index (χ3n) is 3.73. The van der Waals surface area contributed by atoms with Crippen molar-refractivity contribution in [2.75, 3.05) is 0 Å². The summed E-state index contributed by atoms with van der Waals surface area (Å²) in [5, 5.41) is 3.57. The molecule has 0 saturated heterocycles. The van der Waals surface area contributed by atoms with Crippen LogP contribution >= 0.6 is 11.3 Å². The zero-order chi connectivity index (χ0) is 18.0. The average Bonchev–Trinajstić information content (AvgIpc) is 2.98. The first-order valence-corrected chi connectivity index (χ1v) is 9.58. The first kappa shape index (κ1) is 17.8. The fraction of sp³-hybridized carbons (Fsp3) is 0.0556. The summed E-state index contributed by atoms with van der Waals surface area (Å²) < 4.78 is 32.6. The Bertz CT molecular complexity index is 1010. The summed E-state index contributed by atoms with van der Waals surface area (Å²) in [6.07, 6.45) is 0. The van der Waals surface area contributed by atoms with Crippen LogP contribution in [0.2, 0.25) is 0 Å². The molecule has 5 nitrogen and oxygen atoms in total. The van der Waals surface area contributed by atoms with Crippen molar-refractivity contribution >= 4 is 27.1 Å². The predicted molar refractivity (Wildman–Crippen MR) is 91.8 cm³/mol. The summed E-state index contributed by atoms with van der Waals surface area (Å²) in [6.45, 7) is 2.18. The van der Waals surface area contributed by atoms with E-state index in [9.17, 15) is 0 Å². The third kappa shape index (κ3) is 4.13. The molecule has 0 saturated carbocycles. The van der Waals surface area contributed by atoms with Gasteiger partial charge in [0.05, 0.1) is 5.38 Å². The zero-order valence-corrected chi connectivity index (χ0v) is 14.9. The molecule has 2 aromatic carbocycles. The van der Waals surface area contributed by atoms with Crippen LogP contribution in [0.5, 0.6) is 0 Å². The van der Waals surface area contributed by atoms with Crippen molar-refractivity contribution < 1.29 is 33.3 Å². The summed E-state index contributed by atoms with van der Waals surface area (Å²) in [5.74, 6) is 0. The second-order valence-corrected chi connectivity index (χ2v) is 7.20. The molecule has 2 heterocycles. The molecule has 0 radical (unpaired) electrons. The van der Waals surface area contributed by atoms with Gasteiger partial charge in [-0.25, -0.2) is 0 Å². The first-order valence-electron chi connectivity index (χ1n) is 7.38. The molecular formula is C18H17ClNO4S+. The zero-order valence-electron chi connectivity index (χ0n) is 13.3. The average molecular weight is 379 g/mol. The number of hydrogen-bond donors (Lipinski definition) is 3. The van der Waals surface area contributed by atoms with Crippen molar-refractivity contribution in [2.45, 2.75) is 6.92 Å². The van der Waals surface area contributed by atoms with E-state index in [2.05, 4.69) is 77.4 Å². The molecule has 130 valence electrons. The molecule has 0 spiro atoms. The van der Waals surface area contributed by atoms with E-state index < -0.39 is 10.2 Å². The second-order valence-electron chi connectivity index (χ2n) is 5.44. The van der Waals surface area contributed by atoms with E-state index in [0.717, 1.165) is 0 Å². The fourth-order valence-electron chi connectivity index (χ4n) is 2.76. The quantitative estimate of drug-likeness (QED) is 0.440. The molecule has 0 aliphatic heterocycles. The number of rotatable bonds is 1. The van der Waals surface area contributed by atoms with Gasteiger partial charge in [0.25, 0.3) is 4.83 Å². The fourth-order valence-corrected chi connectivity index (χ4v) is 3.78. The van der Waals surface area contributed by atoms with Crippen molar-refractivity contribution in [3.8, 4) is 11.3 Å². The van der Waals surface area contributed by atoms with Crippen molar-refractivity contribution in [3.63, 3.8) is 0 Å². The van der Waals surface area contributed by atoms with Gasteiger partial charge in [-0.05, 0) is 30.7 Å². The number of benzene rings is 2. The molecule has 0 aliphatic carbocycles. The Labute approximate surface area is 150 Å².